The van der Waals surface area contributed by atoms with Crippen LogP contribution < -0.4 is 16.0 Å². The maximum absolute atomic E-state index is 14.5. The van der Waals surface area contributed by atoms with Crippen LogP contribution in [-0.2, 0) is 41.9 Å². The van der Waals surface area contributed by atoms with Gasteiger partial charge in [0.05, 0.1) is 27.6 Å². The zero-order valence-electron chi connectivity index (χ0n) is 31.9. The van der Waals surface area contributed by atoms with Gasteiger partial charge in [0.2, 0.25) is 5.91 Å². The number of ether oxygens (including phenoxy) is 1. The van der Waals surface area contributed by atoms with Gasteiger partial charge in [-0.3, -0.25) is 9.78 Å². The Morgan fingerprint density at radius 1 is 0.821 bits per heavy atom. The van der Waals surface area contributed by atoms with Gasteiger partial charge in [-0.25, -0.2) is 14.6 Å². The number of H-pyrrole nitrogens is 1. The molecule has 6 rings (SSSR count). The van der Waals surface area contributed by atoms with Gasteiger partial charge in [0, 0.05) is 60.1 Å². The molecule has 0 spiro atoms. The van der Waals surface area contributed by atoms with Crippen molar-refractivity contribution in [2.45, 2.75) is 83.1 Å². The molecule has 292 valence electrons. The zero-order chi connectivity index (χ0) is 39.3. The van der Waals surface area contributed by atoms with Crippen molar-refractivity contribution in [3.05, 3.63) is 140 Å². The third-order valence-corrected chi connectivity index (χ3v) is 11.5. The minimum atomic E-state index is -0.871. The summed E-state index contributed by atoms with van der Waals surface area (Å²) < 4.78 is 5.54. The maximum atomic E-state index is 14.5. The summed E-state index contributed by atoms with van der Waals surface area (Å²) in [6.45, 7) is 4.65. The number of amides is 4. The number of aromatic amines is 1. The van der Waals surface area contributed by atoms with E-state index in [0.717, 1.165) is 43.2 Å². The van der Waals surface area contributed by atoms with Gasteiger partial charge < -0.3 is 30.6 Å². The molecule has 3 atom stereocenters. The molecule has 0 saturated heterocycles. The molecule has 0 bridgehead atoms. The number of fused-ring (bicyclic) bond motifs is 1. The SMILES string of the molecule is CC(C)c1nc(CN(C)C(=O)NC(Cc2c[nH]c3ccccc23)C(=O)NC(CCC(Cc2ccccc2)NC(=O)OCc2cncs2)Cc2ccccc2)cs1. The molecule has 0 saturated carbocycles. The normalized spacial score (nSPS) is 12.9. The minimum absolute atomic E-state index is 0.142. The number of nitrogens with zero attached hydrogens (tertiary/aromatic N) is 3. The minimum Gasteiger partial charge on any atom is -0.444 e. The molecule has 56 heavy (non-hydrogen) atoms. The van der Waals surface area contributed by atoms with Crippen molar-refractivity contribution in [3.63, 3.8) is 0 Å². The molecule has 4 amide bonds. The van der Waals surface area contributed by atoms with E-state index in [2.05, 4.69) is 39.8 Å². The van der Waals surface area contributed by atoms with Crippen LogP contribution in [-0.4, -0.2) is 63.1 Å². The number of hydrogen-bond acceptors (Lipinski definition) is 8. The summed E-state index contributed by atoms with van der Waals surface area (Å²) in [5, 5.41) is 13.4. The van der Waals surface area contributed by atoms with Crippen LogP contribution in [0.15, 0.2) is 108 Å². The van der Waals surface area contributed by atoms with Crippen molar-refractivity contribution >= 4 is 51.6 Å². The predicted octanol–water partition coefficient (Wildman–Crippen LogP) is 8.00. The topological polar surface area (TPSA) is 141 Å². The Morgan fingerprint density at radius 2 is 1.48 bits per heavy atom. The first-order valence-electron chi connectivity index (χ1n) is 18.9. The maximum Gasteiger partial charge on any atom is 0.407 e. The fourth-order valence-electron chi connectivity index (χ4n) is 6.57. The van der Waals surface area contributed by atoms with Gasteiger partial charge >= 0.3 is 12.1 Å². The Balaban J connectivity index is 1.19. The van der Waals surface area contributed by atoms with Crippen molar-refractivity contribution < 1.29 is 19.1 Å². The number of carbonyl (C=O) groups is 3. The monoisotopic (exact) mass is 791 g/mol. The molecule has 3 heterocycles. The summed E-state index contributed by atoms with van der Waals surface area (Å²) in [6, 6.07) is 26.1. The lowest BCUT2D eigenvalue weighted by molar-refractivity contribution is -0.123. The molecule has 0 aliphatic rings. The van der Waals surface area contributed by atoms with Crippen LogP contribution in [0.25, 0.3) is 10.9 Å². The van der Waals surface area contributed by atoms with Crippen LogP contribution in [0.2, 0.25) is 0 Å². The van der Waals surface area contributed by atoms with E-state index in [1.165, 1.54) is 11.3 Å². The van der Waals surface area contributed by atoms with Gasteiger partial charge in [0.25, 0.3) is 0 Å². The molecule has 0 aliphatic heterocycles. The summed E-state index contributed by atoms with van der Waals surface area (Å²) in [4.78, 5) is 55.7. The van der Waals surface area contributed by atoms with Crippen LogP contribution in [0.4, 0.5) is 9.59 Å². The summed E-state index contributed by atoms with van der Waals surface area (Å²) in [5.74, 6) is 0.0126. The molecule has 0 aliphatic carbocycles. The molecule has 0 fully saturated rings. The van der Waals surface area contributed by atoms with Crippen molar-refractivity contribution in [2.24, 2.45) is 0 Å². The first-order chi connectivity index (χ1) is 27.2. The van der Waals surface area contributed by atoms with Gasteiger partial charge in [0.15, 0.2) is 0 Å². The van der Waals surface area contributed by atoms with Gasteiger partial charge in [-0.15, -0.1) is 22.7 Å². The van der Waals surface area contributed by atoms with E-state index in [1.807, 2.05) is 96.5 Å². The van der Waals surface area contributed by atoms with E-state index >= 15 is 0 Å². The van der Waals surface area contributed by atoms with Gasteiger partial charge in [-0.05, 0) is 48.4 Å². The number of carbonyl (C=O) groups excluding carboxylic acids is 3. The number of nitrogens with one attached hydrogen (secondary N) is 4. The zero-order valence-corrected chi connectivity index (χ0v) is 33.6. The number of para-hydroxylation sites is 1. The van der Waals surface area contributed by atoms with Crippen LogP contribution in [0, 0.1) is 0 Å². The number of urea groups is 1. The average molecular weight is 792 g/mol. The smallest absolute Gasteiger partial charge is 0.407 e. The van der Waals surface area contributed by atoms with Crippen molar-refractivity contribution in [1.82, 2.24) is 35.8 Å². The van der Waals surface area contributed by atoms with Crippen LogP contribution in [0.3, 0.4) is 0 Å². The summed E-state index contributed by atoms with van der Waals surface area (Å²) in [6.07, 6.45) is 5.64. The quantitative estimate of drug-likeness (QED) is 0.0696. The molecule has 4 N–H and O–H groups in total. The highest BCUT2D eigenvalue weighted by molar-refractivity contribution is 7.09. The van der Waals surface area contributed by atoms with Crippen LogP contribution in [0.1, 0.15) is 64.9 Å². The Kier molecular flexibility index (Phi) is 14.2. The van der Waals surface area contributed by atoms with E-state index in [9.17, 15) is 14.4 Å². The first-order valence-corrected chi connectivity index (χ1v) is 20.7. The Bertz CT molecular complexity index is 2140. The number of hydrogen-bond donors (Lipinski definition) is 4. The lowest BCUT2D eigenvalue weighted by Gasteiger charge is -2.27. The molecule has 3 unspecified atom stereocenters. The Labute approximate surface area is 335 Å². The van der Waals surface area contributed by atoms with Crippen molar-refractivity contribution in [2.75, 3.05) is 7.05 Å². The highest BCUT2D eigenvalue weighted by Crippen LogP contribution is 2.22. The molecular weight excluding hydrogens is 743 g/mol. The van der Waals surface area contributed by atoms with E-state index in [1.54, 1.807) is 35.0 Å². The van der Waals surface area contributed by atoms with Crippen molar-refractivity contribution in [3.8, 4) is 0 Å². The number of aromatic nitrogens is 3. The van der Waals surface area contributed by atoms with Gasteiger partial charge in [0.1, 0.15) is 12.6 Å². The van der Waals surface area contributed by atoms with Gasteiger partial charge in [-0.2, -0.15) is 0 Å². The molecular formula is C43H49N7O4S2. The third-order valence-electron chi connectivity index (χ3n) is 9.53. The third kappa shape index (κ3) is 11.7. The summed E-state index contributed by atoms with van der Waals surface area (Å²) >= 11 is 3.01. The van der Waals surface area contributed by atoms with Crippen molar-refractivity contribution in [1.29, 1.82) is 0 Å². The molecule has 3 aromatic heterocycles. The second kappa shape index (κ2) is 19.9. The fraction of sp³-hybridized carbons (Fsp3) is 0.326. The van der Waals surface area contributed by atoms with E-state index in [0.29, 0.717) is 38.1 Å². The molecule has 3 aromatic carbocycles. The van der Waals surface area contributed by atoms with E-state index in [-0.39, 0.29) is 37.0 Å². The lowest BCUT2D eigenvalue weighted by Crippen LogP contribution is -2.53. The number of thiazole rings is 2. The van der Waals surface area contributed by atoms with Gasteiger partial charge in [-0.1, -0.05) is 92.7 Å². The highest BCUT2D eigenvalue weighted by Gasteiger charge is 2.27. The molecule has 13 heteroatoms. The summed E-state index contributed by atoms with van der Waals surface area (Å²) in [5.41, 5.74) is 6.54. The highest BCUT2D eigenvalue weighted by atomic mass is 32.1. The Hall–Kier alpha value is -5.53. The number of rotatable bonds is 18. The standard InChI is InChI=1S/C43H49N7O4S2/c1-29(2)41-47-35(27-55-41)25-50(3)42(52)49-39(22-32-23-45-38-17-11-10-16-37(32)38)40(51)46-33(20-30-12-6-4-7-13-30)18-19-34(21-31-14-8-5-9-15-31)48-43(53)54-26-36-24-44-28-56-36/h4-17,23-24,27-29,33-34,39,45H,18-22,25-26H2,1-3H3,(H,46,51)(H,48,53)(H,49,52). The molecule has 6 aromatic rings. The number of benzene rings is 3. The molecule has 11 nitrogen and oxygen atoms in total. The van der Waals surface area contributed by atoms with E-state index in [4.69, 9.17) is 9.72 Å². The van der Waals surface area contributed by atoms with E-state index < -0.39 is 12.1 Å². The second-order valence-electron chi connectivity index (χ2n) is 14.3. The predicted molar refractivity (Wildman–Crippen MR) is 223 cm³/mol. The lowest BCUT2D eigenvalue weighted by atomic mass is 9.95. The fourth-order valence-corrected chi connectivity index (χ4v) is 7.91. The first kappa shape index (κ1) is 40.1. The summed E-state index contributed by atoms with van der Waals surface area (Å²) in [7, 11) is 1.71. The number of alkyl carbamates (subject to hydrolysis) is 1. The molecule has 0 radical (unpaired) electrons. The largest absolute Gasteiger partial charge is 0.444 e. The Morgan fingerprint density at radius 3 is 2.12 bits per heavy atom. The van der Waals surface area contributed by atoms with Crippen LogP contribution >= 0.6 is 22.7 Å². The average Bonchev–Trinajstić information content (AvgIpc) is 3.99. The van der Waals surface area contributed by atoms with Crippen LogP contribution in [0.5, 0.6) is 0 Å². The second-order valence-corrected chi connectivity index (χ2v) is 16.2.